The Balaban J connectivity index is 1.89. The third-order valence-electron chi connectivity index (χ3n) is 7.77. The average molecular weight is 653 g/mol. The maximum Gasteiger partial charge on any atom is 0.311 e. The molecular weight excluding hydrogens is 612 g/mol. The van der Waals surface area contributed by atoms with Gasteiger partial charge < -0.3 is 24.3 Å². The number of ketones is 4. The smallest absolute Gasteiger partial charge is 0.311 e. The Labute approximate surface area is 272 Å². The van der Waals surface area contributed by atoms with Gasteiger partial charge in [-0.25, -0.2) is 0 Å². The fourth-order valence-corrected chi connectivity index (χ4v) is 5.06. The maximum atomic E-state index is 13.7. The van der Waals surface area contributed by atoms with Crippen molar-refractivity contribution in [1.29, 1.82) is 0 Å². The minimum atomic E-state index is -1.44. The molecule has 1 aliphatic rings. The summed E-state index contributed by atoms with van der Waals surface area (Å²) in [4.78, 5) is 95.1. The van der Waals surface area contributed by atoms with Crippen molar-refractivity contribution in [2.45, 2.75) is 71.6 Å². The number of esters is 3. The molecule has 1 aromatic heterocycles. The van der Waals surface area contributed by atoms with Gasteiger partial charge in [-0.3, -0.25) is 38.5 Å². The first-order chi connectivity index (χ1) is 22.4. The highest BCUT2D eigenvalue weighted by Crippen LogP contribution is 2.31. The predicted octanol–water partition coefficient (Wildman–Crippen LogP) is 2.54. The molecule has 2 aromatic rings. The highest BCUT2D eigenvalue weighted by molar-refractivity contribution is 6.44. The molecule has 0 spiro atoms. The summed E-state index contributed by atoms with van der Waals surface area (Å²) in [6.45, 7) is 4.32. The van der Waals surface area contributed by atoms with Crippen LogP contribution in [0, 0.1) is 17.8 Å². The lowest BCUT2D eigenvalue weighted by Gasteiger charge is -2.29. The summed E-state index contributed by atoms with van der Waals surface area (Å²) in [5.74, 6) is -8.47. The summed E-state index contributed by atoms with van der Waals surface area (Å²) in [5.41, 5.74) is 0.795. The van der Waals surface area contributed by atoms with E-state index in [1.807, 2.05) is 0 Å². The van der Waals surface area contributed by atoms with E-state index in [0.29, 0.717) is 5.56 Å². The largest absolute Gasteiger partial charge is 0.493 e. The molecule has 4 atom stereocenters. The van der Waals surface area contributed by atoms with Gasteiger partial charge in [-0.1, -0.05) is 51.1 Å². The van der Waals surface area contributed by atoms with E-state index in [9.17, 15) is 33.6 Å². The van der Waals surface area contributed by atoms with Crippen LogP contribution in [0.5, 0.6) is 11.5 Å². The Morgan fingerprint density at radius 2 is 1.62 bits per heavy atom. The summed E-state index contributed by atoms with van der Waals surface area (Å²) in [7, 11) is 2.59. The van der Waals surface area contributed by atoms with Gasteiger partial charge in [0.25, 0.3) is 0 Å². The van der Waals surface area contributed by atoms with Gasteiger partial charge >= 0.3 is 17.9 Å². The van der Waals surface area contributed by atoms with E-state index in [1.165, 1.54) is 33.4 Å². The Kier molecular flexibility index (Phi) is 13.4. The summed E-state index contributed by atoms with van der Waals surface area (Å²) in [6.07, 6.45) is -0.547. The molecule has 47 heavy (non-hydrogen) atoms. The molecule has 1 heterocycles. The number of rotatable bonds is 13. The summed E-state index contributed by atoms with van der Waals surface area (Å²) >= 11 is 0. The molecule has 0 unspecified atom stereocenters. The van der Waals surface area contributed by atoms with Gasteiger partial charge in [-0.15, -0.1) is 0 Å². The van der Waals surface area contributed by atoms with Crippen molar-refractivity contribution in [2.24, 2.45) is 17.8 Å². The van der Waals surface area contributed by atoms with Crippen LogP contribution in [0.25, 0.3) is 0 Å². The lowest BCUT2D eigenvalue weighted by atomic mass is 9.81. The van der Waals surface area contributed by atoms with Crippen LogP contribution in [-0.2, 0) is 56.0 Å². The molecule has 3 rings (SSSR count). The summed E-state index contributed by atoms with van der Waals surface area (Å²) in [6, 6.07) is 8.80. The van der Waals surface area contributed by atoms with Crippen LogP contribution in [0.3, 0.4) is 0 Å². The predicted molar refractivity (Wildman–Crippen MR) is 165 cm³/mol. The topological polar surface area (TPSA) is 181 Å². The molecule has 1 fully saturated rings. The number of nitrogens with one attached hydrogen (secondary N) is 1. The van der Waals surface area contributed by atoms with Crippen LogP contribution < -0.4 is 14.8 Å². The molecule has 1 saturated carbocycles. The quantitative estimate of drug-likeness (QED) is 0.246. The summed E-state index contributed by atoms with van der Waals surface area (Å²) in [5, 5.41) is 2.83. The number of pyridine rings is 1. The third-order valence-corrected chi connectivity index (χ3v) is 7.77. The fraction of sp³-hybridized carbons (Fsp3) is 0.471. The lowest BCUT2D eigenvalue weighted by Crippen LogP contribution is -2.46. The number of benzene rings is 1. The molecule has 1 aromatic carbocycles. The lowest BCUT2D eigenvalue weighted by molar-refractivity contribution is -0.163. The fourth-order valence-electron chi connectivity index (χ4n) is 5.06. The minimum absolute atomic E-state index is 0.00739. The SMILES string of the molecule is COC(=O)CCCC(=O)Oc1c(OC)ccnc1CN[C@H]1CC(=O)C(=O)[C@H](Cc2ccccc2)[C@H](OC(=O)C(C)C)[C@H](C)C(=O)C1=O. The molecule has 252 valence electrons. The summed E-state index contributed by atoms with van der Waals surface area (Å²) < 4.78 is 21.0. The number of hydrogen-bond donors (Lipinski definition) is 1. The molecule has 1 aliphatic carbocycles. The normalized spacial score (nSPS) is 20.2. The van der Waals surface area contributed by atoms with Crippen LogP contribution in [0.15, 0.2) is 42.6 Å². The van der Waals surface area contributed by atoms with Crippen molar-refractivity contribution >= 4 is 41.0 Å². The molecule has 13 nitrogen and oxygen atoms in total. The van der Waals surface area contributed by atoms with E-state index >= 15 is 0 Å². The Hall–Kier alpha value is -4.78. The average Bonchev–Trinajstić information content (AvgIpc) is 3.08. The Morgan fingerprint density at radius 3 is 2.26 bits per heavy atom. The van der Waals surface area contributed by atoms with Gasteiger partial charge in [0, 0.05) is 38.1 Å². The van der Waals surface area contributed by atoms with E-state index in [1.54, 1.807) is 44.2 Å². The molecule has 0 amide bonds. The van der Waals surface area contributed by atoms with E-state index in [0.717, 1.165) is 0 Å². The van der Waals surface area contributed by atoms with Crippen molar-refractivity contribution in [3.05, 3.63) is 53.9 Å². The third kappa shape index (κ3) is 9.85. The van der Waals surface area contributed by atoms with Crippen molar-refractivity contribution in [3.8, 4) is 11.5 Å². The van der Waals surface area contributed by atoms with E-state index in [4.69, 9.17) is 14.2 Å². The number of ether oxygens (including phenoxy) is 4. The van der Waals surface area contributed by atoms with E-state index in [2.05, 4.69) is 15.0 Å². The number of carbonyl (C=O) groups is 7. The second kappa shape index (κ2) is 17.2. The maximum absolute atomic E-state index is 13.7. The van der Waals surface area contributed by atoms with E-state index in [-0.39, 0.29) is 49.4 Å². The molecule has 0 saturated heterocycles. The zero-order chi connectivity index (χ0) is 34.7. The second-order valence-corrected chi connectivity index (χ2v) is 11.5. The van der Waals surface area contributed by atoms with Gasteiger partial charge in [0.1, 0.15) is 11.8 Å². The van der Waals surface area contributed by atoms with Crippen LogP contribution in [0.4, 0.5) is 0 Å². The number of nitrogens with zero attached hydrogens (tertiary/aromatic N) is 1. The van der Waals surface area contributed by atoms with Crippen molar-refractivity contribution in [3.63, 3.8) is 0 Å². The van der Waals surface area contributed by atoms with Crippen LogP contribution in [0.1, 0.15) is 57.7 Å². The van der Waals surface area contributed by atoms with Crippen molar-refractivity contribution in [1.82, 2.24) is 10.3 Å². The first-order valence-corrected chi connectivity index (χ1v) is 15.3. The monoisotopic (exact) mass is 652 g/mol. The highest BCUT2D eigenvalue weighted by atomic mass is 16.6. The minimum Gasteiger partial charge on any atom is -0.493 e. The van der Waals surface area contributed by atoms with E-state index < -0.39 is 77.4 Å². The van der Waals surface area contributed by atoms with Gasteiger partial charge in [0.2, 0.25) is 23.1 Å². The Morgan fingerprint density at radius 1 is 0.936 bits per heavy atom. The van der Waals surface area contributed by atoms with Gasteiger partial charge in [-0.2, -0.15) is 0 Å². The number of carbonyl (C=O) groups excluding carboxylic acids is 7. The standard InChI is InChI=1S/C34H40N2O11/c1-19(2)34(43)47-32-20(3)29(40)31(42)23(17-25(37)30(41)22(32)16-21-10-7-6-8-11-21)36-18-24-33(26(44-4)14-15-35-24)46-28(39)13-9-12-27(38)45-5/h6-8,10-11,14-15,19-20,22-23,32,36H,9,12-13,16-18H2,1-5H3/t20-,22+,23+,32-/m1/s1. The first-order valence-electron chi connectivity index (χ1n) is 15.3. The number of Topliss-reactive ketones (excluding diaryl/α,β-unsaturated/α-hetero) is 4. The van der Waals surface area contributed by atoms with Crippen LogP contribution in [-0.4, -0.2) is 72.4 Å². The van der Waals surface area contributed by atoms with Crippen LogP contribution >= 0.6 is 0 Å². The molecule has 0 radical (unpaired) electrons. The highest BCUT2D eigenvalue weighted by Gasteiger charge is 2.46. The van der Waals surface area contributed by atoms with Gasteiger partial charge in [0.15, 0.2) is 11.5 Å². The molecule has 0 aliphatic heterocycles. The van der Waals surface area contributed by atoms with Crippen LogP contribution in [0.2, 0.25) is 0 Å². The van der Waals surface area contributed by atoms with Crippen molar-refractivity contribution in [2.75, 3.05) is 14.2 Å². The molecule has 13 heteroatoms. The van der Waals surface area contributed by atoms with Gasteiger partial charge in [0.05, 0.1) is 38.0 Å². The molecule has 0 bridgehead atoms. The second-order valence-electron chi connectivity index (χ2n) is 11.5. The van der Waals surface area contributed by atoms with Crippen molar-refractivity contribution < 1.29 is 52.5 Å². The molecule has 1 N–H and O–H groups in total. The van der Waals surface area contributed by atoms with Gasteiger partial charge in [-0.05, 0) is 18.4 Å². The number of hydrogen-bond acceptors (Lipinski definition) is 13. The number of aromatic nitrogens is 1. The first kappa shape index (κ1) is 36.7. The number of methoxy groups -OCH3 is 2. The zero-order valence-corrected chi connectivity index (χ0v) is 27.1. The zero-order valence-electron chi connectivity index (χ0n) is 27.1. The Bertz CT molecular complexity index is 1490. The molecular formula is C34H40N2O11.